The standard InChI is InChI=1S/C14H8N3S/c1-2-7-13-12(5-1)16-14(18-13)9-4-3-6-11-10(9)8-15-17-11/h1-7H,(H,15,17). The fraction of sp³-hybridized carbons (Fsp3) is 0. The van der Waals surface area contributed by atoms with Gasteiger partial charge in [0.05, 0.1) is 15.7 Å². The molecule has 3 nitrogen and oxygen atoms in total. The minimum Gasteiger partial charge on any atom is -0.277 e. The van der Waals surface area contributed by atoms with Crippen molar-refractivity contribution in [3.05, 3.63) is 48.7 Å². The van der Waals surface area contributed by atoms with Gasteiger partial charge in [0.15, 0.2) is 0 Å². The smallest absolute Gasteiger partial charge is 0.125 e. The molecule has 2 aromatic carbocycles. The molecule has 0 amide bonds. The summed E-state index contributed by atoms with van der Waals surface area (Å²) in [5.74, 6) is 0. The Labute approximate surface area is 107 Å². The molecule has 1 N–H and O–H groups in total. The molecule has 2 heterocycles. The predicted octanol–water partition coefficient (Wildman–Crippen LogP) is 3.64. The average Bonchev–Trinajstić information content (AvgIpc) is 3.04. The molecule has 0 fully saturated rings. The highest BCUT2D eigenvalue weighted by Crippen LogP contribution is 2.33. The summed E-state index contributed by atoms with van der Waals surface area (Å²) in [6.07, 6.45) is 2.99. The van der Waals surface area contributed by atoms with Crippen LogP contribution in [0.15, 0.2) is 42.5 Å². The summed E-state index contributed by atoms with van der Waals surface area (Å²) in [7, 11) is 0. The first-order chi connectivity index (χ1) is 8.92. The van der Waals surface area contributed by atoms with Gasteiger partial charge in [0.25, 0.3) is 0 Å². The lowest BCUT2D eigenvalue weighted by Crippen LogP contribution is -1.77. The SMILES string of the molecule is [c]1n[nH]c2cccc(-c3nc4ccccc4s3)c12. The Hall–Kier alpha value is -2.20. The van der Waals surface area contributed by atoms with E-state index in [4.69, 9.17) is 0 Å². The molecule has 0 saturated carbocycles. The number of nitrogens with one attached hydrogen (secondary N) is 1. The van der Waals surface area contributed by atoms with Gasteiger partial charge in [-0.1, -0.05) is 24.3 Å². The zero-order valence-electron chi connectivity index (χ0n) is 9.34. The maximum atomic E-state index is 4.67. The van der Waals surface area contributed by atoms with Crippen LogP contribution in [-0.4, -0.2) is 15.2 Å². The second-order valence-electron chi connectivity index (χ2n) is 4.05. The molecule has 85 valence electrons. The third-order valence-corrected chi connectivity index (χ3v) is 4.00. The predicted molar refractivity (Wildman–Crippen MR) is 73.5 cm³/mol. The van der Waals surface area contributed by atoms with Crippen LogP contribution >= 0.6 is 11.3 Å². The van der Waals surface area contributed by atoms with E-state index in [0.29, 0.717) is 0 Å². The molecule has 4 aromatic rings. The molecule has 0 atom stereocenters. The number of rotatable bonds is 1. The van der Waals surface area contributed by atoms with Gasteiger partial charge in [-0.05, 0) is 18.2 Å². The number of hydrogen-bond acceptors (Lipinski definition) is 3. The Bertz CT molecular complexity index is 811. The molecule has 0 spiro atoms. The summed E-state index contributed by atoms with van der Waals surface area (Å²) >= 11 is 1.70. The lowest BCUT2D eigenvalue weighted by Gasteiger charge is -1.96. The third-order valence-electron chi connectivity index (χ3n) is 2.93. The van der Waals surface area contributed by atoms with E-state index < -0.39 is 0 Å². The molecule has 4 heteroatoms. The fourth-order valence-electron chi connectivity index (χ4n) is 2.08. The largest absolute Gasteiger partial charge is 0.277 e. The van der Waals surface area contributed by atoms with Crippen molar-refractivity contribution in [2.24, 2.45) is 0 Å². The van der Waals surface area contributed by atoms with Gasteiger partial charge in [0, 0.05) is 10.9 Å². The second-order valence-corrected chi connectivity index (χ2v) is 5.08. The second kappa shape index (κ2) is 3.65. The van der Waals surface area contributed by atoms with E-state index in [2.05, 4.69) is 33.5 Å². The molecule has 4 rings (SSSR count). The molecule has 0 aliphatic rings. The highest BCUT2D eigenvalue weighted by molar-refractivity contribution is 7.21. The number of aromatic nitrogens is 3. The topological polar surface area (TPSA) is 41.6 Å². The first kappa shape index (κ1) is 9.79. The van der Waals surface area contributed by atoms with Crippen LogP contribution < -0.4 is 0 Å². The molecule has 0 saturated heterocycles. The number of fused-ring (bicyclic) bond motifs is 2. The first-order valence-electron chi connectivity index (χ1n) is 5.62. The van der Waals surface area contributed by atoms with Gasteiger partial charge in [-0.15, -0.1) is 11.3 Å². The summed E-state index contributed by atoms with van der Waals surface area (Å²) in [4.78, 5) is 4.67. The lowest BCUT2D eigenvalue weighted by molar-refractivity contribution is 1.11. The van der Waals surface area contributed by atoms with Gasteiger partial charge >= 0.3 is 0 Å². The van der Waals surface area contributed by atoms with E-state index >= 15 is 0 Å². The van der Waals surface area contributed by atoms with Gasteiger partial charge in [-0.25, -0.2) is 4.98 Å². The molecular formula is C14H8N3S. The molecular weight excluding hydrogens is 242 g/mol. The van der Waals surface area contributed by atoms with Crippen LogP contribution in [0, 0.1) is 6.20 Å². The van der Waals surface area contributed by atoms with E-state index in [9.17, 15) is 0 Å². The van der Waals surface area contributed by atoms with E-state index in [1.807, 2.05) is 30.3 Å². The van der Waals surface area contributed by atoms with Crippen molar-refractivity contribution >= 4 is 32.5 Å². The summed E-state index contributed by atoms with van der Waals surface area (Å²) in [5, 5.41) is 8.91. The minimum absolute atomic E-state index is 0.992. The van der Waals surface area contributed by atoms with E-state index in [-0.39, 0.29) is 0 Å². The van der Waals surface area contributed by atoms with E-state index in [0.717, 1.165) is 27.0 Å². The van der Waals surface area contributed by atoms with Crippen molar-refractivity contribution < 1.29 is 0 Å². The monoisotopic (exact) mass is 250 g/mol. The van der Waals surface area contributed by atoms with Crippen LogP contribution in [0.25, 0.3) is 31.7 Å². The third kappa shape index (κ3) is 1.36. The van der Waals surface area contributed by atoms with E-state index in [1.54, 1.807) is 11.3 Å². The number of aromatic amines is 1. The maximum absolute atomic E-state index is 4.67. The highest BCUT2D eigenvalue weighted by Gasteiger charge is 2.10. The molecule has 0 aliphatic heterocycles. The summed E-state index contributed by atoms with van der Waals surface area (Å²) < 4.78 is 1.20. The average molecular weight is 250 g/mol. The van der Waals surface area contributed by atoms with E-state index in [1.165, 1.54) is 4.70 Å². The summed E-state index contributed by atoms with van der Waals surface area (Å²) in [6, 6.07) is 14.2. The van der Waals surface area contributed by atoms with Gasteiger partial charge in [-0.2, -0.15) is 5.10 Å². The van der Waals surface area contributed by atoms with Crippen molar-refractivity contribution in [2.75, 3.05) is 0 Å². The minimum atomic E-state index is 0.992. The fourth-order valence-corrected chi connectivity index (χ4v) is 3.07. The van der Waals surface area contributed by atoms with Gasteiger partial charge < -0.3 is 0 Å². The number of para-hydroxylation sites is 1. The molecule has 2 aromatic heterocycles. The molecule has 0 bridgehead atoms. The highest BCUT2D eigenvalue weighted by atomic mass is 32.1. The molecule has 18 heavy (non-hydrogen) atoms. The van der Waals surface area contributed by atoms with Crippen molar-refractivity contribution in [3.63, 3.8) is 0 Å². The number of nitrogens with zero attached hydrogens (tertiary/aromatic N) is 2. The quantitative estimate of drug-likeness (QED) is 0.560. The van der Waals surface area contributed by atoms with Crippen LogP contribution in [0.1, 0.15) is 0 Å². The number of H-pyrrole nitrogens is 1. The van der Waals surface area contributed by atoms with Crippen LogP contribution in [-0.2, 0) is 0 Å². The summed E-state index contributed by atoms with van der Waals surface area (Å²) in [6.45, 7) is 0. The zero-order chi connectivity index (χ0) is 11.9. The van der Waals surface area contributed by atoms with Crippen LogP contribution in [0.4, 0.5) is 0 Å². The molecule has 0 unspecified atom stereocenters. The Balaban J connectivity index is 2.04. The Kier molecular flexibility index (Phi) is 1.98. The van der Waals surface area contributed by atoms with Gasteiger partial charge in [0.2, 0.25) is 0 Å². The Morgan fingerprint density at radius 2 is 2.00 bits per heavy atom. The number of hydrogen-bond donors (Lipinski definition) is 1. The van der Waals surface area contributed by atoms with Crippen LogP contribution in [0.5, 0.6) is 0 Å². The lowest BCUT2D eigenvalue weighted by atomic mass is 10.1. The zero-order valence-corrected chi connectivity index (χ0v) is 10.2. The normalized spacial score (nSPS) is 11.3. The van der Waals surface area contributed by atoms with Gasteiger partial charge in [0.1, 0.15) is 11.2 Å². The van der Waals surface area contributed by atoms with Crippen molar-refractivity contribution in [1.82, 2.24) is 15.2 Å². The number of thiazole rings is 1. The first-order valence-corrected chi connectivity index (χ1v) is 6.44. The van der Waals surface area contributed by atoms with Crippen molar-refractivity contribution in [3.8, 4) is 10.6 Å². The van der Waals surface area contributed by atoms with Gasteiger partial charge in [-0.3, -0.25) is 5.10 Å². The molecule has 0 aliphatic carbocycles. The van der Waals surface area contributed by atoms with Crippen molar-refractivity contribution in [2.45, 2.75) is 0 Å². The van der Waals surface area contributed by atoms with Crippen molar-refractivity contribution in [1.29, 1.82) is 0 Å². The summed E-state index contributed by atoms with van der Waals surface area (Å²) in [5.41, 5.74) is 3.12. The Morgan fingerprint density at radius 3 is 2.94 bits per heavy atom. The maximum Gasteiger partial charge on any atom is 0.125 e. The van der Waals surface area contributed by atoms with Crippen LogP contribution in [0.3, 0.4) is 0 Å². The number of benzene rings is 2. The van der Waals surface area contributed by atoms with Crippen LogP contribution in [0.2, 0.25) is 0 Å². The molecule has 1 radical (unpaired) electrons. The Morgan fingerprint density at radius 1 is 1.06 bits per heavy atom.